The Morgan fingerprint density at radius 2 is 2.14 bits per heavy atom. The summed E-state index contributed by atoms with van der Waals surface area (Å²) in [6.07, 6.45) is 4.75. The lowest BCUT2D eigenvalue weighted by molar-refractivity contribution is 0.147. The number of hydrogen-bond donors (Lipinski definition) is 1. The number of aryl methyl sites for hydroxylation is 1. The van der Waals surface area contributed by atoms with E-state index in [9.17, 15) is 13.5 Å². The standard InChI is InChI=1S/C15H25NO3S2/c1-3-14-8-9-15(20-14)21(18,19)16-10-6-4-5-7-13(16)11-12(2)17/h8-9,12-13,17H,3-7,10-11H2,1-2H3. The van der Waals surface area contributed by atoms with E-state index >= 15 is 0 Å². The van der Waals surface area contributed by atoms with Crippen molar-refractivity contribution in [1.29, 1.82) is 0 Å². The predicted molar refractivity (Wildman–Crippen MR) is 86.1 cm³/mol. The lowest BCUT2D eigenvalue weighted by atomic mass is 10.1. The molecule has 1 aromatic heterocycles. The molecule has 1 aromatic rings. The third kappa shape index (κ3) is 4.06. The molecular formula is C15H25NO3S2. The summed E-state index contributed by atoms with van der Waals surface area (Å²) in [6.45, 7) is 4.33. The third-order valence-corrected chi connectivity index (χ3v) is 7.63. The molecule has 1 N–H and O–H groups in total. The fraction of sp³-hybridized carbons (Fsp3) is 0.733. The smallest absolute Gasteiger partial charge is 0.252 e. The van der Waals surface area contributed by atoms with Gasteiger partial charge in [-0.15, -0.1) is 11.3 Å². The van der Waals surface area contributed by atoms with E-state index < -0.39 is 16.1 Å². The molecule has 1 saturated heterocycles. The van der Waals surface area contributed by atoms with Gasteiger partial charge in [0.05, 0.1) is 6.10 Å². The molecule has 1 aliphatic rings. The number of aliphatic hydroxyl groups is 1. The second-order valence-electron chi connectivity index (χ2n) is 5.78. The van der Waals surface area contributed by atoms with E-state index in [1.807, 2.05) is 13.0 Å². The molecule has 0 amide bonds. The highest BCUT2D eigenvalue weighted by Crippen LogP contribution is 2.31. The summed E-state index contributed by atoms with van der Waals surface area (Å²) in [5.41, 5.74) is 0. The summed E-state index contributed by atoms with van der Waals surface area (Å²) in [4.78, 5) is 1.09. The van der Waals surface area contributed by atoms with Crippen LogP contribution in [-0.2, 0) is 16.4 Å². The van der Waals surface area contributed by atoms with E-state index in [1.54, 1.807) is 17.3 Å². The first-order valence-corrected chi connectivity index (χ1v) is 9.99. The van der Waals surface area contributed by atoms with Crippen LogP contribution in [0.5, 0.6) is 0 Å². The summed E-state index contributed by atoms with van der Waals surface area (Å²) >= 11 is 1.37. The minimum absolute atomic E-state index is 0.0790. The van der Waals surface area contributed by atoms with Crippen LogP contribution in [0.25, 0.3) is 0 Å². The number of hydrogen-bond acceptors (Lipinski definition) is 4. The molecule has 2 unspecified atom stereocenters. The summed E-state index contributed by atoms with van der Waals surface area (Å²) in [7, 11) is -3.43. The highest BCUT2D eigenvalue weighted by Gasteiger charge is 2.33. The van der Waals surface area contributed by atoms with E-state index in [0.717, 1.165) is 37.0 Å². The van der Waals surface area contributed by atoms with Crippen molar-refractivity contribution in [3.8, 4) is 0 Å². The van der Waals surface area contributed by atoms with E-state index in [4.69, 9.17) is 0 Å². The van der Waals surface area contributed by atoms with E-state index in [0.29, 0.717) is 17.2 Å². The molecule has 6 heteroatoms. The molecule has 2 atom stereocenters. The lowest BCUT2D eigenvalue weighted by Crippen LogP contribution is -2.41. The maximum Gasteiger partial charge on any atom is 0.252 e. The van der Waals surface area contributed by atoms with Crippen molar-refractivity contribution in [3.05, 3.63) is 17.0 Å². The van der Waals surface area contributed by atoms with Crippen LogP contribution in [0.2, 0.25) is 0 Å². The number of sulfonamides is 1. The van der Waals surface area contributed by atoms with E-state index in [2.05, 4.69) is 0 Å². The van der Waals surface area contributed by atoms with Crippen LogP contribution < -0.4 is 0 Å². The number of rotatable bonds is 5. The van der Waals surface area contributed by atoms with Gasteiger partial charge in [0.1, 0.15) is 4.21 Å². The van der Waals surface area contributed by atoms with Crippen LogP contribution in [-0.4, -0.2) is 36.5 Å². The second-order valence-corrected chi connectivity index (χ2v) is 9.06. The predicted octanol–water partition coefficient (Wildman–Crippen LogP) is 3.01. The topological polar surface area (TPSA) is 57.6 Å². The Morgan fingerprint density at radius 1 is 1.38 bits per heavy atom. The van der Waals surface area contributed by atoms with Crippen LogP contribution in [0.4, 0.5) is 0 Å². The fourth-order valence-corrected chi connectivity index (χ4v) is 6.03. The van der Waals surface area contributed by atoms with Gasteiger partial charge >= 0.3 is 0 Å². The summed E-state index contributed by atoms with van der Waals surface area (Å²) in [6, 6.07) is 3.55. The van der Waals surface area contributed by atoms with E-state index in [-0.39, 0.29) is 6.04 Å². The second kappa shape index (κ2) is 7.22. The molecular weight excluding hydrogens is 306 g/mol. The Balaban J connectivity index is 2.29. The molecule has 1 aliphatic heterocycles. The molecule has 0 aromatic carbocycles. The molecule has 0 aliphatic carbocycles. The first-order chi connectivity index (χ1) is 9.95. The van der Waals surface area contributed by atoms with Crippen LogP contribution in [0.15, 0.2) is 16.3 Å². The highest BCUT2D eigenvalue weighted by atomic mass is 32.2. The quantitative estimate of drug-likeness (QED) is 0.902. The van der Waals surface area contributed by atoms with Gasteiger partial charge in [-0.1, -0.05) is 19.8 Å². The number of nitrogens with zero attached hydrogens (tertiary/aromatic N) is 1. The zero-order valence-corrected chi connectivity index (χ0v) is 14.4. The molecule has 4 nitrogen and oxygen atoms in total. The minimum atomic E-state index is -3.43. The fourth-order valence-electron chi connectivity index (χ4n) is 2.90. The van der Waals surface area contributed by atoms with Gasteiger partial charge in [-0.25, -0.2) is 8.42 Å². The van der Waals surface area contributed by atoms with Crippen LogP contribution in [0.1, 0.15) is 50.8 Å². The molecule has 1 fully saturated rings. The van der Waals surface area contributed by atoms with Gasteiger partial charge in [0.2, 0.25) is 0 Å². The molecule has 0 saturated carbocycles. The van der Waals surface area contributed by atoms with Gasteiger partial charge in [0.15, 0.2) is 0 Å². The molecule has 0 bridgehead atoms. The van der Waals surface area contributed by atoms with Gasteiger partial charge in [-0.3, -0.25) is 0 Å². The molecule has 21 heavy (non-hydrogen) atoms. The van der Waals surface area contributed by atoms with Gasteiger partial charge in [0, 0.05) is 17.5 Å². The van der Waals surface area contributed by atoms with E-state index in [1.165, 1.54) is 11.3 Å². The Kier molecular flexibility index (Phi) is 5.82. The average Bonchev–Trinajstić information content (AvgIpc) is 2.80. The van der Waals surface area contributed by atoms with Crippen molar-refractivity contribution in [1.82, 2.24) is 4.31 Å². The molecule has 2 heterocycles. The first kappa shape index (κ1) is 16.9. The van der Waals surface area contributed by atoms with Crippen molar-refractivity contribution in [2.45, 2.75) is 68.7 Å². The van der Waals surface area contributed by atoms with Crippen molar-refractivity contribution >= 4 is 21.4 Å². The summed E-state index contributed by atoms with van der Waals surface area (Å²) < 4.78 is 27.9. The minimum Gasteiger partial charge on any atom is -0.393 e. The van der Waals surface area contributed by atoms with Gasteiger partial charge in [-0.2, -0.15) is 4.31 Å². The van der Waals surface area contributed by atoms with Crippen LogP contribution in [0, 0.1) is 0 Å². The average molecular weight is 332 g/mol. The first-order valence-electron chi connectivity index (χ1n) is 7.73. The van der Waals surface area contributed by atoms with Crippen LogP contribution in [0.3, 0.4) is 0 Å². The normalized spacial score (nSPS) is 22.9. The maximum absolute atomic E-state index is 12.9. The molecule has 2 rings (SSSR count). The lowest BCUT2D eigenvalue weighted by Gasteiger charge is -2.29. The number of thiophene rings is 1. The largest absolute Gasteiger partial charge is 0.393 e. The monoisotopic (exact) mass is 331 g/mol. The van der Waals surface area contributed by atoms with Crippen molar-refractivity contribution in [2.24, 2.45) is 0 Å². The highest BCUT2D eigenvalue weighted by molar-refractivity contribution is 7.91. The van der Waals surface area contributed by atoms with Gasteiger partial charge in [0.25, 0.3) is 10.0 Å². The third-order valence-electron chi connectivity index (χ3n) is 3.98. The molecule has 120 valence electrons. The zero-order valence-electron chi connectivity index (χ0n) is 12.8. The van der Waals surface area contributed by atoms with Crippen molar-refractivity contribution < 1.29 is 13.5 Å². The van der Waals surface area contributed by atoms with Gasteiger partial charge < -0.3 is 5.11 Å². The Bertz CT molecular complexity index is 551. The Hall–Kier alpha value is -0.430. The molecule has 0 spiro atoms. The maximum atomic E-state index is 12.9. The van der Waals surface area contributed by atoms with Crippen molar-refractivity contribution in [3.63, 3.8) is 0 Å². The zero-order chi connectivity index (χ0) is 15.5. The van der Waals surface area contributed by atoms with Gasteiger partial charge in [-0.05, 0) is 44.7 Å². The SMILES string of the molecule is CCc1ccc(S(=O)(=O)N2CCCCCC2CC(C)O)s1. The summed E-state index contributed by atoms with van der Waals surface area (Å²) in [5, 5.41) is 9.67. The van der Waals surface area contributed by atoms with Crippen molar-refractivity contribution in [2.75, 3.05) is 6.54 Å². The summed E-state index contributed by atoms with van der Waals surface area (Å²) in [5.74, 6) is 0. The molecule has 0 radical (unpaired) electrons. The van der Waals surface area contributed by atoms with Crippen LogP contribution >= 0.6 is 11.3 Å². The Labute approximate surface area is 131 Å². The Morgan fingerprint density at radius 3 is 2.76 bits per heavy atom. The number of aliphatic hydroxyl groups excluding tert-OH is 1.